The van der Waals surface area contributed by atoms with Gasteiger partial charge in [0.2, 0.25) is 0 Å². The van der Waals surface area contributed by atoms with Gasteiger partial charge in [-0.3, -0.25) is 4.79 Å². The molecule has 0 fully saturated rings. The first kappa shape index (κ1) is 12.3. The number of rotatable bonds is 2. The zero-order valence-electron chi connectivity index (χ0n) is 10.8. The lowest BCUT2D eigenvalue weighted by Gasteiger charge is -2.18. The molecular weight excluding hydrogens is 254 g/mol. The molecule has 1 aliphatic heterocycles. The Morgan fingerprint density at radius 2 is 1.84 bits per heavy atom. The van der Waals surface area contributed by atoms with E-state index in [0.717, 1.165) is 29.1 Å². The molecule has 3 rings (SSSR count). The Bertz CT molecular complexity index is 624. The largest absolute Gasteiger partial charge is 0.308 e. The molecule has 0 saturated carbocycles. The number of carbonyl (C=O) groups excluding carboxylic acids is 1. The van der Waals surface area contributed by atoms with Crippen molar-refractivity contribution in [2.24, 2.45) is 0 Å². The summed E-state index contributed by atoms with van der Waals surface area (Å²) in [6, 6.07) is 16.0. The van der Waals surface area contributed by atoms with Crippen LogP contribution in [0.3, 0.4) is 0 Å². The summed E-state index contributed by atoms with van der Waals surface area (Å²) >= 11 is 1.62. The van der Waals surface area contributed by atoms with E-state index in [1.807, 2.05) is 53.6 Å². The van der Waals surface area contributed by atoms with Crippen LogP contribution in [0.2, 0.25) is 0 Å². The minimum Gasteiger partial charge on any atom is -0.308 e. The van der Waals surface area contributed by atoms with Crippen LogP contribution in [0.15, 0.2) is 53.4 Å². The van der Waals surface area contributed by atoms with E-state index in [-0.39, 0.29) is 5.91 Å². The van der Waals surface area contributed by atoms with Crippen LogP contribution in [-0.2, 0) is 6.42 Å². The maximum atomic E-state index is 12.7. The smallest absolute Gasteiger partial charge is 0.259 e. The van der Waals surface area contributed by atoms with Crippen molar-refractivity contribution in [3.8, 4) is 0 Å². The van der Waals surface area contributed by atoms with Gasteiger partial charge in [-0.15, -0.1) is 11.8 Å². The zero-order chi connectivity index (χ0) is 13.2. The van der Waals surface area contributed by atoms with E-state index in [0.29, 0.717) is 0 Å². The average molecular weight is 269 g/mol. The summed E-state index contributed by atoms with van der Waals surface area (Å²) in [5, 5.41) is 0. The summed E-state index contributed by atoms with van der Waals surface area (Å²) in [6.07, 6.45) is 2.95. The van der Waals surface area contributed by atoms with Gasteiger partial charge in [0, 0.05) is 17.1 Å². The van der Waals surface area contributed by atoms with Crippen molar-refractivity contribution in [2.45, 2.75) is 11.3 Å². The van der Waals surface area contributed by atoms with E-state index in [1.165, 1.54) is 5.56 Å². The Hall–Kier alpha value is -1.74. The van der Waals surface area contributed by atoms with Crippen LogP contribution in [0.1, 0.15) is 15.9 Å². The molecule has 0 atom stereocenters. The number of benzene rings is 2. The van der Waals surface area contributed by atoms with Crippen molar-refractivity contribution in [1.82, 2.24) is 0 Å². The van der Waals surface area contributed by atoms with Gasteiger partial charge in [0.25, 0.3) is 5.91 Å². The quantitative estimate of drug-likeness (QED) is 0.776. The molecule has 0 aromatic heterocycles. The third-order valence-corrected chi connectivity index (χ3v) is 4.27. The molecule has 0 bridgehead atoms. The molecule has 0 N–H and O–H groups in total. The monoisotopic (exact) mass is 269 g/mol. The molecule has 0 radical (unpaired) electrons. The second-order valence-corrected chi connectivity index (χ2v) is 5.38. The lowest BCUT2D eigenvalue weighted by Crippen LogP contribution is -2.29. The number of carbonyl (C=O) groups is 1. The number of hydrogen-bond acceptors (Lipinski definition) is 2. The van der Waals surface area contributed by atoms with E-state index < -0.39 is 0 Å². The summed E-state index contributed by atoms with van der Waals surface area (Å²) in [7, 11) is 0. The normalized spacial score (nSPS) is 13.4. The van der Waals surface area contributed by atoms with Crippen molar-refractivity contribution >= 4 is 23.4 Å². The Labute approximate surface area is 117 Å². The van der Waals surface area contributed by atoms with Crippen LogP contribution < -0.4 is 4.90 Å². The van der Waals surface area contributed by atoms with Gasteiger partial charge in [0.15, 0.2) is 0 Å². The fraction of sp³-hybridized carbons (Fsp3) is 0.188. The third kappa shape index (κ3) is 2.15. The van der Waals surface area contributed by atoms with Crippen molar-refractivity contribution in [2.75, 3.05) is 17.7 Å². The maximum Gasteiger partial charge on any atom is 0.259 e. The topological polar surface area (TPSA) is 20.3 Å². The minimum atomic E-state index is 0.106. The molecule has 1 heterocycles. The maximum absolute atomic E-state index is 12.7. The highest BCUT2D eigenvalue weighted by Crippen LogP contribution is 2.30. The summed E-state index contributed by atoms with van der Waals surface area (Å²) in [5.41, 5.74) is 3.12. The van der Waals surface area contributed by atoms with Crippen LogP contribution in [0.4, 0.5) is 5.69 Å². The number of amides is 1. The van der Waals surface area contributed by atoms with Gasteiger partial charge in [0.05, 0.1) is 5.56 Å². The third-order valence-electron chi connectivity index (χ3n) is 3.47. The highest BCUT2D eigenvalue weighted by Gasteiger charge is 2.26. The summed E-state index contributed by atoms with van der Waals surface area (Å²) in [5.74, 6) is 0.106. The lowest BCUT2D eigenvalue weighted by molar-refractivity contribution is 0.0986. The number of para-hydroxylation sites is 1. The second kappa shape index (κ2) is 5.10. The average Bonchev–Trinajstić information content (AvgIpc) is 2.90. The number of hydrogen-bond donors (Lipinski definition) is 0. The molecule has 1 amide bonds. The highest BCUT2D eigenvalue weighted by atomic mass is 32.2. The van der Waals surface area contributed by atoms with Crippen LogP contribution in [0.5, 0.6) is 0 Å². The molecule has 2 nitrogen and oxygen atoms in total. The first-order valence-electron chi connectivity index (χ1n) is 6.34. The molecule has 0 saturated heterocycles. The molecule has 96 valence electrons. The van der Waals surface area contributed by atoms with E-state index in [1.54, 1.807) is 11.8 Å². The molecule has 1 aliphatic rings. The summed E-state index contributed by atoms with van der Waals surface area (Å²) in [4.78, 5) is 15.6. The molecule has 0 spiro atoms. The van der Waals surface area contributed by atoms with Gasteiger partial charge in [-0.25, -0.2) is 0 Å². The Kier molecular flexibility index (Phi) is 3.30. The number of anilines is 1. The standard InChI is InChI=1S/C16H15NOS/c1-19-15-9-5-3-7-13(15)16(18)17-11-10-12-6-2-4-8-14(12)17/h2-9H,10-11H2,1H3. The second-order valence-electron chi connectivity index (χ2n) is 4.54. The van der Waals surface area contributed by atoms with Gasteiger partial charge in [-0.2, -0.15) is 0 Å². The first-order chi connectivity index (χ1) is 9.31. The predicted molar refractivity (Wildman–Crippen MR) is 80.0 cm³/mol. The SMILES string of the molecule is CSc1ccccc1C(=O)N1CCc2ccccc21. The van der Waals surface area contributed by atoms with Crippen molar-refractivity contribution in [3.05, 3.63) is 59.7 Å². The molecular formula is C16H15NOS. The molecule has 2 aromatic rings. The fourth-order valence-corrected chi connectivity index (χ4v) is 3.11. The van der Waals surface area contributed by atoms with Crippen LogP contribution in [0, 0.1) is 0 Å². The fourth-order valence-electron chi connectivity index (χ4n) is 2.52. The Morgan fingerprint density at radius 3 is 2.68 bits per heavy atom. The van der Waals surface area contributed by atoms with E-state index in [4.69, 9.17) is 0 Å². The molecule has 19 heavy (non-hydrogen) atoms. The van der Waals surface area contributed by atoms with E-state index in [2.05, 4.69) is 6.07 Å². The summed E-state index contributed by atoms with van der Waals surface area (Å²) < 4.78 is 0. The number of fused-ring (bicyclic) bond motifs is 1. The minimum absolute atomic E-state index is 0.106. The van der Waals surface area contributed by atoms with E-state index in [9.17, 15) is 4.79 Å². The molecule has 3 heteroatoms. The van der Waals surface area contributed by atoms with Gasteiger partial charge < -0.3 is 4.90 Å². The molecule has 0 unspecified atom stereocenters. The lowest BCUT2D eigenvalue weighted by atomic mass is 10.1. The summed E-state index contributed by atoms with van der Waals surface area (Å²) in [6.45, 7) is 0.779. The molecule has 2 aromatic carbocycles. The zero-order valence-corrected chi connectivity index (χ0v) is 11.6. The van der Waals surface area contributed by atoms with Crippen LogP contribution in [0.25, 0.3) is 0 Å². The Morgan fingerprint density at radius 1 is 1.11 bits per heavy atom. The van der Waals surface area contributed by atoms with Crippen LogP contribution >= 0.6 is 11.8 Å². The first-order valence-corrected chi connectivity index (χ1v) is 7.56. The van der Waals surface area contributed by atoms with E-state index >= 15 is 0 Å². The van der Waals surface area contributed by atoms with Gasteiger partial charge in [0.1, 0.15) is 0 Å². The predicted octanol–water partition coefficient (Wildman–Crippen LogP) is 3.61. The molecule has 0 aliphatic carbocycles. The van der Waals surface area contributed by atoms with Crippen LogP contribution in [-0.4, -0.2) is 18.7 Å². The van der Waals surface area contributed by atoms with Gasteiger partial charge in [-0.1, -0.05) is 30.3 Å². The van der Waals surface area contributed by atoms with Crippen molar-refractivity contribution in [1.29, 1.82) is 0 Å². The number of nitrogens with zero attached hydrogens (tertiary/aromatic N) is 1. The number of thioether (sulfide) groups is 1. The van der Waals surface area contributed by atoms with Crippen molar-refractivity contribution in [3.63, 3.8) is 0 Å². The highest BCUT2D eigenvalue weighted by molar-refractivity contribution is 7.98. The Balaban J connectivity index is 1.98. The van der Waals surface area contributed by atoms with Gasteiger partial charge >= 0.3 is 0 Å². The van der Waals surface area contributed by atoms with Crippen molar-refractivity contribution < 1.29 is 4.79 Å². The van der Waals surface area contributed by atoms with Gasteiger partial charge in [-0.05, 0) is 36.4 Å².